The van der Waals surface area contributed by atoms with E-state index < -0.39 is 124 Å². The van der Waals surface area contributed by atoms with Gasteiger partial charge in [-0.25, -0.2) is 19.6 Å². The van der Waals surface area contributed by atoms with Gasteiger partial charge in [-0.1, -0.05) is 90.7 Å². The number of likely N-dealkylation sites (N-methyl/N-ethyl adjacent to an activating group) is 1. The van der Waals surface area contributed by atoms with Crippen LogP contribution in [0.25, 0.3) is 33.3 Å². The number of hydrogen-bond acceptors (Lipinski definition) is 22. The molecule has 103 heavy (non-hydrogen) atoms. The van der Waals surface area contributed by atoms with Crippen LogP contribution in [-0.4, -0.2) is 192 Å². The fourth-order valence-electron chi connectivity index (χ4n) is 12.7. The number of aliphatic hydroxyl groups excluding tert-OH is 1. The number of anilines is 1. The highest BCUT2D eigenvalue weighted by molar-refractivity contribution is 7.53. The number of unbranched alkanes of at least 4 members (excludes halogenated alkanes) is 1. The molecule has 0 saturated carbocycles. The van der Waals surface area contributed by atoms with Crippen molar-refractivity contribution < 1.29 is 76.0 Å². The number of ketones is 1. The van der Waals surface area contributed by atoms with E-state index in [9.17, 15) is 67.2 Å². The standard InChI is InChI=1S/C70H83N11O20P2/c1-77(2)27-28-78(60(87)16-10-7-13-44-11-5-4-6-12-44)26-25-59(86)72-32-52(84)15-9-8-14-49-33-80(69(90)75-67(49)88)61-29-50(56(99-61)38-96-3)41-102(92,93)97-39-57-51(30-62(100-57)81-35-54(68(89)76-70(81)91)48-23-19-46(37-83)20-24-48)42-103(94,95)98-40-58-55(85)31-63(101-58)79-34-53(47-21-17-45(36-82)18-22-47)64-65(71)73-43-74-66(64)79/h4-6,11-12,17-24,33-37,43,50-51,55-58,61-63,85H,7,9-10,13,15-16,25-32,38-42H2,1-3H3,(H,72,86)(H,92,93)(H,94,95)(H2,71,73,74)(H,75,88,90)(H,76,89,91)/t50-,51-,55+,56-,57-,58-,61-,62-,63-/m1/s1. The molecule has 3 aromatic carbocycles. The molecule has 2 amide bonds. The van der Waals surface area contributed by atoms with Gasteiger partial charge in [0.25, 0.3) is 11.1 Å². The van der Waals surface area contributed by atoms with E-state index in [-0.39, 0.29) is 86.9 Å². The zero-order chi connectivity index (χ0) is 73.5. The Kier molecular flexibility index (Phi) is 26.0. The average molecular weight is 1460 g/mol. The van der Waals surface area contributed by atoms with Crippen molar-refractivity contribution in [2.45, 2.75) is 107 Å². The number of nitrogens with two attached hydrogens (primary N) is 1. The molecule has 0 spiro atoms. The lowest BCUT2D eigenvalue weighted by Crippen LogP contribution is -2.39. The number of nitrogens with zero attached hydrogens (tertiary/aromatic N) is 7. The molecule has 10 rings (SSSR count). The fourth-order valence-corrected chi connectivity index (χ4v) is 15.6. The van der Waals surface area contributed by atoms with Crippen molar-refractivity contribution in [3.8, 4) is 34.1 Å². The van der Waals surface area contributed by atoms with Gasteiger partial charge in [-0.05, 0) is 62.9 Å². The van der Waals surface area contributed by atoms with Gasteiger partial charge in [0.05, 0.1) is 68.0 Å². The molecule has 0 aliphatic carbocycles. The smallest absolute Gasteiger partial charge is 0.330 e. The van der Waals surface area contributed by atoms with Crippen molar-refractivity contribution in [3.63, 3.8) is 0 Å². The molecule has 548 valence electrons. The normalized spacial score (nSPS) is 21.4. The van der Waals surface area contributed by atoms with Crippen LogP contribution in [-0.2, 0) is 57.9 Å². The van der Waals surface area contributed by atoms with E-state index >= 15 is 0 Å². The Morgan fingerprint density at radius 2 is 1.27 bits per heavy atom. The summed E-state index contributed by atoms with van der Waals surface area (Å²) < 4.78 is 68.0. The largest absolute Gasteiger partial charge is 0.390 e. The third-order valence-electron chi connectivity index (χ3n) is 18.3. The predicted octanol–water partition coefficient (Wildman–Crippen LogP) is 4.59. The monoisotopic (exact) mass is 1460 g/mol. The Balaban J connectivity index is 0.764. The van der Waals surface area contributed by atoms with Crippen LogP contribution in [0.1, 0.15) is 108 Å². The number of H-pyrrole nitrogens is 2. The molecule has 33 heteroatoms. The number of benzene rings is 3. The lowest BCUT2D eigenvalue weighted by atomic mass is 10.0. The van der Waals surface area contributed by atoms with Crippen LogP contribution in [0.3, 0.4) is 0 Å². The fraction of sp³-hybridized carbons (Fsp3) is 0.443. The number of nitrogen functional groups attached to an aromatic ring is 1. The Labute approximate surface area is 590 Å². The van der Waals surface area contributed by atoms with E-state index in [2.05, 4.69) is 49.2 Å². The number of ether oxygens (including phenoxy) is 4. The van der Waals surface area contributed by atoms with E-state index in [0.717, 1.165) is 22.0 Å². The molecular weight excluding hydrogens is 1380 g/mol. The number of aromatic amines is 2. The maximum atomic E-state index is 14.3. The minimum atomic E-state index is -4.75. The van der Waals surface area contributed by atoms with Crippen molar-refractivity contribution in [1.82, 2.24) is 48.8 Å². The number of Topliss-reactive ketones (excluding diaryl/α,β-unsaturated/α-hetero) is 1. The van der Waals surface area contributed by atoms with Gasteiger partial charge in [-0.3, -0.25) is 61.8 Å². The molecule has 8 N–H and O–H groups in total. The number of aryl methyl sites for hydroxylation is 1. The minimum absolute atomic E-state index is 0.00252. The number of methoxy groups -OCH3 is 1. The van der Waals surface area contributed by atoms with Crippen molar-refractivity contribution in [2.75, 3.05) is 85.3 Å². The van der Waals surface area contributed by atoms with Gasteiger partial charge in [0, 0.05) is 106 Å². The first-order chi connectivity index (χ1) is 49.4. The van der Waals surface area contributed by atoms with Crippen LogP contribution >= 0.6 is 15.2 Å². The second kappa shape index (κ2) is 35.0. The van der Waals surface area contributed by atoms with Crippen LogP contribution in [0.5, 0.6) is 0 Å². The van der Waals surface area contributed by atoms with E-state index in [1.165, 1.54) is 55.7 Å². The second-order valence-corrected chi connectivity index (χ2v) is 29.7. The molecule has 2 unspecified atom stereocenters. The zero-order valence-corrected chi connectivity index (χ0v) is 58.8. The zero-order valence-electron chi connectivity index (χ0n) is 57.0. The summed E-state index contributed by atoms with van der Waals surface area (Å²) in [5.74, 6) is 2.90. The van der Waals surface area contributed by atoms with E-state index in [0.29, 0.717) is 77.4 Å². The summed E-state index contributed by atoms with van der Waals surface area (Å²) in [6.07, 6.45) is -0.171. The number of nitrogens with one attached hydrogen (secondary N) is 3. The highest BCUT2D eigenvalue weighted by atomic mass is 31.2. The van der Waals surface area contributed by atoms with Crippen molar-refractivity contribution in [3.05, 3.63) is 168 Å². The van der Waals surface area contributed by atoms with Gasteiger partial charge in [-0.15, -0.1) is 0 Å². The minimum Gasteiger partial charge on any atom is -0.390 e. The summed E-state index contributed by atoms with van der Waals surface area (Å²) in [4.78, 5) is 155. The number of fused-ring (bicyclic) bond motifs is 1. The Hall–Kier alpha value is -8.99. The summed E-state index contributed by atoms with van der Waals surface area (Å²) in [7, 11) is -4.33. The molecule has 0 radical (unpaired) electrons. The number of aliphatic hydroxyl groups is 1. The number of carbonyl (C=O) groups excluding carboxylic acids is 5. The van der Waals surface area contributed by atoms with Crippen LogP contribution in [0, 0.1) is 23.7 Å². The molecule has 11 atom stereocenters. The summed E-state index contributed by atoms with van der Waals surface area (Å²) in [5, 5.41) is 14.4. The predicted molar refractivity (Wildman–Crippen MR) is 376 cm³/mol. The summed E-state index contributed by atoms with van der Waals surface area (Å²) in [6.45, 7) is -0.477. The topological polar surface area (TPSA) is 421 Å². The number of aromatic nitrogens is 7. The molecule has 7 heterocycles. The first-order valence-corrected chi connectivity index (χ1v) is 37.1. The summed E-state index contributed by atoms with van der Waals surface area (Å²) in [5.41, 5.74) is 6.70. The molecule has 3 aliphatic heterocycles. The SMILES string of the molecule is COC[C@H]1O[C@@H](n2cc(C#CCCC(=O)CNC(=O)CCN(CCN(C)C)C(=O)CCCCc3ccccc3)c(=O)[nH]c2=O)C[C@@H]1CP(=O)(O)OC[C@H]1O[C@@H](n2cc(-c3ccc(C=O)cc3)c(=O)[nH]c2=O)C[C@@H]1CP(=O)(O)OC[C@H]1O[C@@H](n2cc(-c3ccc(C=O)cc3)c3c(N)ncnc32)C[C@@H]1O. The van der Waals surface area contributed by atoms with Gasteiger partial charge < -0.3 is 68.3 Å². The van der Waals surface area contributed by atoms with Crippen LogP contribution in [0.15, 0.2) is 123 Å². The van der Waals surface area contributed by atoms with Gasteiger partial charge in [-0.2, -0.15) is 0 Å². The molecule has 7 aromatic rings. The summed E-state index contributed by atoms with van der Waals surface area (Å²) in [6, 6.07) is 22.7. The maximum absolute atomic E-state index is 14.3. The molecule has 3 aliphatic rings. The van der Waals surface area contributed by atoms with Crippen LogP contribution < -0.4 is 33.5 Å². The lowest BCUT2D eigenvalue weighted by molar-refractivity contribution is -0.132. The third kappa shape index (κ3) is 20.3. The average Bonchev–Trinajstić information content (AvgIpc) is 1.59. The van der Waals surface area contributed by atoms with Crippen LogP contribution in [0.4, 0.5) is 5.82 Å². The van der Waals surface area contributed by atoms with E-state index in [1.54, 1.807) is 39.9 Å². The quantitative estimate of drug-likeness (QED) is 0.0125. The lowest BCUT2D eigenvalue weighted by Gasteiger charge is -2.24. The van der Waals surface area contributed by atoms with Crippen molar-refractivity contribution in [1.29, 1.82) is 0 Å². The number of carbonyl (C=O) groups is 5. The Bertz CT molecular complexity index is 4590. The number of amides is 2. The van der Waals surface area contributed by atoms with E-state index in [1.807, 2.05) is 37.2 Å². The highest BCUT2D eigenvalue weighted by Crippen LogP contribution is 2.53. The van der Waals surface area contributed by atoms with Crippen LogP contribution in [0.2, 0.25) is 0 Å². The first kappa shape index (κ1) is 76.6. The second-order valence-electron chi connectivity index (χ2n) is 25.9. The van der Waals surface area contributed by atoms with E-state index in [4.69, 9.17) is 33.7 Å². The maximum Gasteiger partial charge on any atom is 0.330 e. The number of rotatable bonds is 34. The van der Waals surface area contributed by atoms with Crippen molar-refractivity contribution in [2.24, 2.45) is 11.8 Å². The summed E-state index contributed by atoms with van der Waals surface area (Å²) >= 11 is 0. The van der Waals surface area contributed by atoms with Gasteiger partial charge in [0.1, 0.15) is 60.7 Å². The van der Waals surface area contributed by atoms with Gasteiger partial charge >= 0.3 is 26.6 Å². The molecule has 3 saturated heterocycles. The number of hydrogen-bond donors (Lipinski definition) is 7. The van der Waals surface area contributed by atoms with Gasteiger partial charge in [0.2, 0.25) is 11.8 Å². The first-order valence-electron chi connectivity index (χ1n) is 33.6. The highest BCUT2D eigenvalue weighted by Gasteiger charge is 2.46. The Morgan fingerprint density at radius 3 is 1.89 bits per heavy atom. The Morgan fingerprint density at radius 1 is 0.699 bits per heavy atom. The molecule has 4 aromatic heterocycles. The number of aldehydes is 2. The van der Waals surface area contributed by atoms with Gasteiger partial charge in [0.15, 0.2) is 5.78 Å². The molecule has 0 bridgehead atoms. The van der Waals surface area contributed by atoms with Crippen molar-refractivity contribution >= 4 is 62.2 Å². The molecular formula is C70H83N11O20P2. The third-order valence-corrected chi connectivity index (χ3v) is 21.2. The molecule has 31 nitrogen and oxygen atoms in total. The molecule has 3 fully saturated rings.